The zero-order valence-electron chi connectivity index (χ0n) is 65.7. The van der Waals surface area contributed by atoms with E-state index in [4.69, 9.17) is 4.74 Å². The lowest BCUT2D eigenvalue weighted by Gasteiger charge is -2.32. The molecule has 2 aromatic heterocycles. The highest BCUT2D eigenvalue weighted by atomic mass is 32.2. The summed E-state index contributed by atoms with van der Waals surface area (Å²) in [7, 11) is -1.85. The second kappa shape index (κ2) is 41.0. The smallest absolute Gasteiger partial charge is 0.416 e. The van der Waals surface area contributed by atoms with Crippen LogP contribution in [0.15, 0.2) is 85.2 Å². The minimum atomic E-state index is -4.85. The van der Waals surface area contributed by atoms with E-state index in [9.17, 15) is 99.5 Å². The Bertz CT molecular complexity index is 4660. The summed E-state index contributed by atoms with van der Waals surface area (Å²) in [5.41, 5.74) is 0.976. The number of halogens is 3. The molecule has 0 radical (unpaired) electrons. The third-order valence-corrected chi connectivity index (χ3v) is 21.4. The number of nitrogens with zero attached hydrogens (tertiary/aromatic N) is 4. The number of nitrogens with one attached hydrogen (secondary N) is 12. The van der Waals surface area contributed by atoms with Gasteiger partial charge in [-0.2, -0.15) is 13.2 Å². The Morgan fingerprint density at radius 2 is 1.21 bits per heavy atom. The van der Waals surface area contributed by atoms with E-state index in [1.54, 1.807) is 75.5 Å². The molecule has 5 aromatic rings. The summed E-state index contributed by atoms with van der Waals surface area (Å²) in [6.45, 7) is 0.469. The molecule has 3 fully saturated rings. The number of aliphatic hydroxyl groups is 3. The van der Waals surface area contributed by atoms with Gasteiger partial charge in [0.1, 0.15) is 82.3 Å². The molecular formula is C76H99F3N16O22S. The van der Waals surface area contributed by atoms with E-state index >= 15 is 14.4 Å². The number of H-pyrrole nitrogens is 2. The van der Waals surface area contributed by atoms with Crippen LogP contribution in [0.4, 0.5) is 13.2 Å². The minimum absolute atomic E-state index is 0.00568. The number of aromatic amines is 2. The van der Waals surface area contributed by atoms with Crippen molar-refractivity contribution >= 4 is 120 Å². The highest BCUT2D eigenvalue weighted by molar-refractivity contribution is 7.90. The number of carbonyl (C=O) groups excluding carboxylic acids is 14. The van der Waals surface area contributed by atoms with Crippen LogP contribution in [-0.4, -0.2) is 304 Å². The fourth-order valence-electron chi connectivity index (χ4n) is 14.0. The van der Waals surface area contributed by atoms with Crippen LogP contribution in [0.25, 0.3) is 21.8 Å². The molecule has 3 aromatic carbocycles. The van der Waals surface area contributed by atoms with Gasteiger partial charge in [-0.25, -0.2) is 13.2 Å². The standard InChI is InChI=1S/C76H99F3N16O22S/c1-8-117-45-29-58-70(108)89-55(36-96)69(107)88-54(72(110)93(6)59(38-98)71(109)84-50(23-25-118(7,115)116)65(103)90-56(37-97)75(113)114)30-60(99)83-40(4)64(102)85-51(26-41-19-21-44(22-20-41)76(77,78)79)66(104)86-52(27-42-31-80-48-16-11-9-14-46(42)48)67(105)87-53(28-43-32-81-49-17-12-10-15-47(43)49)68(106)91-63(39(2)3)74(112)92(5)35-61(100)82-33-62(101)94-24-13-18-57(94)73(111)95(58)34-45/h9-12,14-17,19-22,31-32,39-40,45,50-59,63,80-81,96-98H,8,13,18,23-30,33-38H2,1-7H3,(H,82,100)(H,83,99)(H,84,109)(H,85,102)(H,86,104)(H,87,105)(H,88,107)(H,89,108)(H,90,103)(H,91,106)(H,113,114)/t40-,45+,50-,51-,52-,53-,54-,55-,56-,57-,58-,59-,63-/m0/s1. The molecule has 0 unspecified atom stereocenters. The summed E-state index contributed by atoms with van der Waals surface area (Å²) in [5.74, 6) is -19.1. The van der Waals surface area contributed by atoms with Crippen LogP contribution in [0, 0.1) is 5.92 Å². The summed E-state index contributed by atoms with van der Waals surface area (Å²) in [6, 6.07) is -4.60. The van der Waals surface area contributed by atoms with Crippen LogP contribution in [0.1, 0.15) is 82.1 Å². The van der Waals surface area contributed by atoms with Crippen LogP contribution >= 0.6 is 0 Å². The van der Waals surface area contributed by atoms with E-state index in [0.29, 0.717) is 50.0 Å². The van der Waals surface area contributed by atoms with Gasteiger partial charge in [-0.1, -0.05) is 62.4 Å². The molecule has 8 rings (SSSR count). The first-order valence-corrected chi connectivity index (χ1v) is 40.0. The zero-order valence-corrected chi connectivity index (χ0v) is 66.5. The second-order valence-electron chi connectivity index (χ2n) is 29.5. The Morgan fingerprint density at radius 3 is 1.75 bits per heavy atom. The number of aliphatic hydroxyl groups excluding tert-OH is 3. The highest BCUT2D eigenvalue weighted by Gasteiger charge is 2.47. The molecule has 13 atom stereocenters. The van der Waals surface area contributed by atoms with Crippen LogP contribution < -0.4 is 53.2 Å². The van der Waals surface area contributed by atoms with Crippen LogP contribution in [0.2, 0.25) is 0 Å². The third kappa shape index (κ3) is 24.3. The molecule has 38 nitrogen and oxygen atoms in total. The maximum absolute atomic E-state index is 15.4. The maximum Gasteiger partial charge on any atom is 0.416 e. The molecule has 0 spiro atoms. The molecule has 642 valence electrons. The largest absolute Gasteiger partial charge is 0.480 e. The quantitative estimate of drug-likeness (QED) is 0.0314. The van der Waals surface area contributed by atoms with E-state index in [1.165, 1.54) is 18.1 Å². The summed E-state index contributed by atoms with van der Waals surface area (Å²) < 4.78 is 72.5. The van der Waals surface area contributed by atoms with Gasteiger partial charge in [-0.3, -0.25) is 67.1 Å². The van der Waals surface area contributed by atoms with Crippen molar-refractivity contribution in [2.24, 2.45) is 5.92 Å². The van der Waals surface area contributed by atoms with E-state index in [0.717, 1.165) is 42.2 Å². The number of hydrogen-bond donors (Lipinski definition) is 16. The highest BCUT2D eigenvalue weighted by Crippen LogP contribution is 2.31. The number of likely N-dealkylation sites (N-methyl/N-ethyl adjacent to an activating group) is 2. The number of carboxylic acid groups (broad SMARTS) is 1. The predicted molar refractivity (Wildman–Crippen MR) is 412 cm³/mol. The third-order valence-electron chi connectivity index (χ3n) is 20.4. The Kier molecular flexibility index (Phi) is 31.9. The molecule has 0 aliphatic carbocycles. The molecule has 5 heterocycles. The fourth-order valence-corrected chi connectivity index (χ4v) is 14.6. The molecule has 42 heteroatoms. The molecule has 0 bridgehead atoms. The molecule has 3 aliphatic rings. The van der Waals surface area contributed by atoms with Gasteiger partial charge in [-0.05, 0) is 80.0 Å². The number of carboxylic acids is 1. The van der Waals surface area contributed by atoms with Gasteiger partial charge < -0.3 is 108 Å². The Hall–Kier alpha value is -11.6. The first-order valence-electron chi connectivity index (χ1n) is 38.0. The lowest BCUT2D eigenvalue weighted by Crippen LogP contribution is -2.62. The lowest BCUT2D eigenvalue weighted by atomic mass is 9.99. The number of fused-ring (bicyclic) bond motifs is 4. The monoisotopic (exact) mass is 1680 g/mol. The number of para-hydroxylation sites is 2. The number of sulfone groups is 1. The number of carbonyl (C=O) groups is 15. The van der Waals surface area contributed by atoms with Crippen molar-refractivity contribution in [1.29, 1.82) is 0 Å². The van der Waals surface area contributed by atoms with E-state index in [-0.39, 0.29) is 57.4 Å². The Balaban J connectivity index is 1.19. The van der Waals surface area contributed by atoms with Gasteiger partial charge in [0, 0.05) is 99.9 Å². The number of benzene rings is 3. The van der Waals surface area contributed by atoms with Crippen molar-refractivity contribution in [2.75, 3.05) is 78.7 Å². The van der Waals surface area contributed by atoms with E-state index in [1.807, 2.05) is 5.32 Å². The van der Waals surface area contributed by atoms with E-state index in [2.05, 4.69) is 57.8 Å². The minimum Gasteiger partial charge on any atom is -0.480 e. The molecule has 16 N–H and O–H groups in total. The maximum atomic E-state index is 15.4. The summed E-state index contributed by atoms with van der Waals surface area (Å²) in [5, 5.41) is 65.9. The fraction of sp³-hybridized carbons (Fsp3) is 0.513. The first-order chi connectivity index (χ1) is 55.7. The number of amides is 14. The van der Waals surface area contributed by atoms with Gasteiger partial charge in [0.05, 0.1) is 56.8 Å². The number of ether oxygens (including phenoxy) is 1. The van der Waals surface area contributed by atoms with Crippen molar-refractivity contribution in [1.82, 2.24) is 82.7 Å². The predicted octanol–water partition coefficient (Wildman–Crippen LogP) is -3.97. The summed E-state index contributed by atoms with van der Waals surface area (Å²) in [6.07, 6.45) is -5.05. The van der Waals surface area contributed by atoms with Crippen molar-refractivity contribution in [3.63, 3.8) is 0 Å². The van der Waals surface area contributed by atoms with Crippen LogP contribution in [0.3, 0.4) is 0 Å². The topological polar surface area (TPSA) is 545 Å². The van der Waals surface area contributed by atoms with Crippen molar-refractivity contribution in [3.05, 3.63) is 107 Å². The van der Waals surface area contributed by atoms with Gasteiger partial charge in [0.15, 0.2) is 0 Å². The number of aliphatic carboxylic acids is 1. The molecule has 3 aliphatic heterocycles. The molecule has 14 amide bonds. The first kappa shape index (κ1) is 91.9. The lowest BCUT2D eigenvalue weighted by molar-refractivity contribution is -0.147. The van der Waals surface area contributed by atoms with Crippen LogP contribution in [0.5, 0.6) is 0 Å². The Morgan fingerprint density at radius 1 is 0.661 bits per heavy atom. The summed E-state index contributed by atoms with van der Waals surface area (Å²) >= 11 is 0. The van der Waals surface area contributed by atoms with Gasteiger partial charge in [0.25, 0.3) is 0 Å². The number of hydrogen-bond acceptors (Lipinski definition) is 21. The van der Waals surface area contributed by atoms with Gasteiger partial charge in [-0.15, -0.1) is 0 Å². The summed E-state index contributed by atoms with van der Waals surface area (Å²) in [4.78, 5) is 226. The number of alkyl halides is 3. The van der Waals surface area contributed by atoms with Crippen molar-refractivity contribution in [2.45, 2.75) is 164 Å². The van der Waals surface area contributed by atoms with E-state index < -0.39 is 253 Å². The SMILES string of the molecule is CCO[C@@H]1C[C@H]2C(=O)N[C@@H](CO)C(=O)N[C@H](C(=O)N(C)[C@@H](CO)C(=O)N[C@@H](CCS(C)(=O)=O)C(=O)N[C@@H](CO)C(=O)O)CC(=O)N[C@@H](C)C(=O)N[C@@H](Cc3ccc(C(F)(F)F)cc3)C(=O)N[C@@H](Cc3c[nH]c4ccccc34)C(=O)N[C@@H](Cc3c[nH]c4ccccc34)C(=O)N[C@@H](C(C)C)C(=O)N(C)CC(=O)NCC(=O)N3CCC[C@H]3C(=O)N2C1. The molecular weight excluding hydrogens is 1580 g/mol. The van der Waals surface area contributed by atoms with Gasteiger partial charge >= 0.3 is 12.1 Å². The Labute approximate surface area is 674 Å². The second-order valence-corrected chi connectivity index (χ2v) is 31.7. The molecule has 3 saturated heterocycles. The normalized spacial score (nSPS) is 23.4. The average molecular weight is 1680 g/mol. The van der Waals surface area contributed by atoms with Crippen LogP contribution in [-0.2, 0) is 112 Å². The van der Waals surface area contributed by atoms with Crippen molar-refractivity contribution in [3.8, 4) is 0 Å². The number of rotatable bonds is 22. The zero-order chi connectivity index (χ0) is 86.8. The van der Waals surface area contributed by atoms with Gasteiger partial charge in [0.2, 0.25) is 82.7 Å². The number of aromatic nitrogens is 2. The van der Waals surface area contributed by atoms with Crippen molar-refractivity contribution < 1.29 is 119 Å². The molecule has 118 heavy (non-hydrogen) atoms. The molecule has 0 saturated carbocycles. The average Bonchev–Trinajstić information content (AvgIpc) is 1.64.